The second-order valence-electron chi connectivity index (χ2n) is 11.1. The molecule has 0 aliphatic carbocycles. The average Bonchev–Trinajstić information content (AvgIpc) is 3.29. The van der Waals surface area contributed by atoms with Crippen molar-refractivity contribution in [3.8, 4) is 0 Å². The number of likely N-dealkylation sites (N-methyl/N-ethyl adjacent to an activating group) is 1. The van der Waals surface area contributed by atoms with E-state index in [1.807, 2.05) is 0 Å². The van der Waals surface area contributed by atoms with Crippen LogP contribution in [0.3, 0.4) is 0 Å². The van der Waals surface area contributed by atoms with E-state index >= 15 is 0 Å². The van der Waals surface area contributed by atoms with Crippen LogP contribution >= 0.6 is 0 Å². The Labute approximate surface area is 251 Å². The molecule has 0 saturated carbocycles. The molecule has 2 rings (SSSR count). The number of carbonyl (C=O) groups is 7. The molecule has 1 aromatic rings. The van der Waals surface area contributed by atoms with Gasteiger partial charge in [-0.05, 0) is 50.3 Å². The molecule has 1 unspecified atom stereocenters. The highest BCUT2D eigenvalue weighted by molar-refractivity contribution is 6.12. The van der Waals surface area contributed by atoms with Gasteiger partial charge in [0.05, 0.1) is 12.1 Å². The normalized spacial score (nSPS) is 13.5. The molecule has 0 radical (unpaired) electrons. The average molecular weight is 600 g/mol. The number of ether oxygens (including phenoxy) is 1. The molecule has 6 amide bonds. The molecule has 1 aliphatic heterocycles. The fourth-order valence-corrected chi connectivity index (χ4v) is 3.89. The van der Waals surface area contributed by atoms with Gasteiger partial charge in [-0.3, -0.25) is 33.8 Å². The lowest BCUT2D eigenvalue weighted by Crippen LogP contribution is -2.51. The van der Waals surface area contributed by atoms with E-state index in [4.69, 9.17) is 4.74 Å². The molecule has 0 spiro atoms. The molecule has 1 atom stereocenters. The number of hydrogen-bond acceptors (Lipinski definition) is 8. The number of anilines is 1. The summed E-state index contributed by atoms with van der Waals surface area (Å²) in [6.45, 7) is 6.71. The minimum atomic E-state index is -0.999. The number of amides is 6. The van der Waals surface area contributed by atoms with E-state index in [1.54, 1.807) is 52.0 Å². The molecule has 0 aromatic heterocycles. The van der Waals surface area contributed by atoms with E-state index < -0.39 is 29.5 Å². The highest BCUT2D eigenvalue weighted by atomic mass is 16.6. The van der Waals surface area contributed by atoms with Crippen LogP contribution in [0.2, 0.25) is 0 Å². The van der Waals surface area contributed by atoms with Crippen LogP contribution < -0.4 is 16.0 Å². The van der Waals surface area contributed by atoms with Crippen LogP contribution in [0, 0.1) is 5.92 Å². The molecule has 3 N–H and O–H groups in total. The van der Waals surface area contributed by atoms with Crippen LogP contribution in [0.1, 0.15) is 58.9 Å². The lowest BCUT2D eigenvalue weighted by molar-refractivity contribution is -0.137. The molecule has 13 heteroatoms. The Bertz CT molecular complexity index is 1210. The molecule has 1 aromatic carbocycles. The van der Waals surface area contributed by atoms with Gasteiger partial charge >= 0.3 is 6.09 Å². The maximum atomic E-state index is 12.7. The fraction of sp³-hybridized carbons (Fsp3) is 0.500. The van der Waals surface area contributed by atoms with E-state index in [0.29, 0.717) is 43.3 Å². The number of unbranched alkanes of at least 4 members (excludes halogenated alkanes) is 2. The molecule has 1 aliphatic rings. The van der Waals surface area contributed by atoms with E-state index in [1.165, 1.54) is 24.1 Å². The first kappa shape index (κ1) is 34.7. The molecular formula is C30H41N5O8. The van der Waals surface area contributed by atoms with Crippen molar-refractivity contribution in [2.75, 3.05) is 25.5 Å². The van der Waals surface area contributed by atoms with Gasteiger partial charge in [-0.1, -0.05) is 32.4 Å². The number of aldehydes is 1. The fourth-order valence-electron chi connectivity index (χ4n) is 3.89. The van der Waals surface area contributed by atoms with Crippen molar-refractivity contribution in [2.24, 2.45) is 5.92 Å². The maximum Gasteiger partial charge on any atom is 0.410 e. The van der Waals surface area contributed by atoms with Gasteiger partial charge in [0, 0.05) is 37.9 Å². The van der Waals surface area contributed by atoms with Crippen LogP contribution in [-0.2, 0) is 40.1 Å². The third-order valence-electron chi connectivity index (χ3n) is 6.90. The number of rotatable bonds is 16. The lowest BCUT2D eigenvalue weighted by Gasteiger charge is -2.29. The third-order valence-corrected chi connectivity index (χ3v) is 6.90. The topological polar surface area (TPSA) is 171 Å². The van der Waals surface area contributed by atoms with Crippen molar-refractivity contribution >= 4 is 47.6 Å². The van der Waals surface area contributed by atoms with Gasteiger partial charge in [-0.15, -0.1) is 0 Å². The quantitative estimate of drug-likeness (QED) is 0.147. The first-order valence-corrected chi connectivity index (χ1v) is 14.1. The van der Waals surface area contributed by atoms with Crippen molar-refractivity contribution in [1.82, 2.24) is 20.4 Å². The van der Waals surface area contributed by atoms with Gasteiger partial charge in [0.25, 0.3) is 11.8 Å². The summed E-state index contributed by atoms with van der Waals surface area (Å²) in [7, 11) is 1.47. The van der Waals surface area contributed by atoms with E-state index in [-0.39, 0.29) is 43.2 Å². The van der Waals surface area contributed by atoms with Crippen LogP contribution in [0.15, 0.2) is 36.4 Å². The van der Waals surface area contributed by atoms with Crippen molar-refractivity contribution in [1.29, 1.82) is 0 Å². The molecule has 13 nitrogen and oxygen atoms in total. The summed E-state index contributed by atoms with van der Waals surface area (Å²) in [5, 5.41) is 7.93. The molecular weight excluding hydrogens is 558 g/mol. The summed E-state index contributed by atoms with van der Waals surface area (Å²) in [4.78, 5) is 86.3. The zero-order valence-corrected chi connectivity index (χ0v) is 25.3. The van der Waals surface area contributed by atoms with Gasteiger partial charge in [0.15, 0.2) is 0 Å². The van der Waals surface area contributed by atoms with Gasteiger partial charge in [-0.25, -0.2) is 4.79 Å². The second-order valence-corrected chi connectivity index (χ2v) is 11.1. The molecule has 1 heterocycles. The molecule has 0 bridgehead atoms. The maximum absolute atomic E-state index is 12.7. The smallest absolute Gasteiger partial charge is 0.410 e. The van der Waals surface area contributed by atoms with Gasteiger partial charge < -0.3 is 25.5 Å². The standard InChI is InChI=1S/C30H41N5O8/c1-20(2)27(33-23(37)9-7-6-8-16-35-25(39)14-15-26(35)40)28(41)31-17-24(38)32-22-12-10-21(11-13-22)18-43-29(42)34(5)30(3,4)19-36/h10-15,19-20,27H,6-9,16-18H2,1-5H3,(H,31,41)(H,32,38)(H,33,37). The van der Waals surface area contributed by atoms with Gasteiger partial charge in [-0.2, -0.15) is 0 Å². The first-order chi connectivity index (χ1) is 20.2. The van der Waals surface area contributed by atoms with Gasteiger partial charge in [0.2, 0.25) is 17.7 Å². The summed E-state index contributed by atoms with van der Waals surface area (Å²) in [6.07, 6.45) is 4.39. The second kappa shape index (κ2) is 16.2. The number of nitrogens with zero attached hydrogens (tertiary/aromatic N) is 2. The summed E-state index contributed by atoms with van der Waals surface area (Å²) >= 11 is 0. The molecule has 43 heavy (non-hydrogen) atoms. The number of hydrogen-bond donors (Lipinski definition) is 3. The Morgan fingerprint density at radius 3 is 2.19 bits per heavy atom. The molecule has 0 fully saturated rings. The Hall–Kier alpha value is -4.55. The highest BCUT2D eigenvalue weighted by Gasteiger charge is 2.28. The lowest BCUT2D eigenvalue weighted by atomic mass is 10.0. The molecule has 234 valence electrons. The van der Waals surface area contributed by atoms with E-state index in [9.17, 15) is 33.6 Å². The zero-order valence-electron chi connectivity index (χ0n) is 25.3. The Morgan fingerprint density at radius 1 is 0.977 bits per heavy atom. The predicted molar refractivity (Wildman–Crippen MR) is 157 cm³/mol. The number of carbonyl (C=O) groups excluding carboxylic acids is 7. The van der Waals surface area contributed by atoms with Crippen LogP contribution in [0.4, 0.5) is 10.5 Å². The van der Waals surface area contributed by atoms with Crippen LogP contribution in [0.5, 0.6) is 0 Å². The predicted octanol–water partition coefficient (Wildman–Crippen LogP) is 1.91. The van der Waals surface area contributed by atoms with Crippen molar-refractivity contribution in [2.45, 2.75) is 71.6 Å². The van der Waals surface area contributed by atoms with E-state index in [0.717, 1.165) is 4.90 Å². The van der Waals surface area contributed by atoms with Gasteiger partial charge in [0.1, 0.15) is 18.9 Å². The third kappa shape index (κ3) is 11.0. The largest absolute Gasteiger partial charge is 0.445 e. The Kier molecular flexibility index (Phi) is 13.0. The van der Waals surface area contributed by atoms with Crippen molar-refractivity contribution < 1.29 is 38.3 Å². The summed E-state index contributed by atoms with van der Waals surface area (Å²) in [5.41, 5.74) is 0.139. The van der Waals surface area contributed by atoms with E-state index in [2.05, 4.69) is 16.0 Å². The molecule has 0 saturated heterocycles. The van der Waals surface area contributed by atoms with Crippen molar-refractivity contribution in [3.63, 3.8) is 0 Å². The highest BCUT2D eigenvalue weighted by Crippen LogP contribution is 2.14. The Morgan fingerprint density at radius 2 is 1.60 bits per heavy atom. The first-order valence-electron chi connectivity index (χ1n) is 14.1. The number of benzene rings is 1. The van der Waals surface area contributed by atoms with Crippen LogP contribution in [0.25, 0.3) is 0 Å². The van der Waals surface area contributed by atoms with Crippen molar-refractivity contribution in [3.05, 3.63) is 42.0 Å². The number of nitrogens with one attached hydrogen (secondary N) is 3. The summed E-state index contributed by atoms with van der Waals surface area (Å²) in [6, 6.07) is 5.75. The Balaban J connectivity index is 1.72. The SMILES string of the molecule is CC(C)C(NC(=O)CCCCCN1C(=O)C=CC1=O)C(=O)NCC(=O)Nc1ccc(COC(=O)N(C)C(C)(C)C=O)cc1. The zero-order chi connectivity index (χ0) is 32.2. The van der Waals surface area contributed by atoms with Crippen LogP contribution in [-0.4, -0.2) is 83.4 Å². The monoisotopic (exact) mass is 599 g/mol. The summed E-state index contributed by atoms with van der Waals surface area (Å²) in [5.74, 6) is -2.15. The number of imide groups is 1. The minimum Gasteiger partial charge on any atom is -0.445 e. The minimum absolute atomic E-state index is 0.0248. The summed E-state index contributed by atoms with van der Waals surface area (Å²) < 4.78 is 5.23.